The molecule has 1 heterocycles. The Kier molecular flexibility index (Phi) is 4.58. The molecule has 0 unspecified atom stereocenters. The van der Waals surface area contributed by atoms with Crippen LogP contribution >= 0.6 is 0 Å². The van der Waals surface area contributed by atoms with Gasteiger partial charge in [0.15, 0.2) is 0 Å². The highest BCUT2D eigenvalue weighted by molar-refractivity contribution is 4.67. The summed E-state index contributed by atoms with van der Waals surface area (Å²) in [5.41, 5.74) is 0. The van der Waals surface area contributed by atoms with E-state index in [1.54, 1.807) is 0 Å². The summed E-state index contributed by atoms with van der Waals surface area (Å²) in [6.07, 6.45) is 2.90. The standard InChI is InChI=1S/C9H19NO2/c1-8(2)11-7-12-9-3-5-10-6-4-9/h8-10H,3-7H2,1-2H3. The van der Waals surface area contributed by atoms with E-state index in [2.05, 4.69) is 5.32 Å². The Labute approximate surface area is 74.4 Å². The molecule has 3 heteroatoms. The number of hydrogen-bond acceptors (Lipinski definition) is 3. The molecule has 0 aromatic carbocycles. The number of ether oxygens (including phenoxy) is 2. The van der Waals surface area contributed by atoms with Crippen LogP contribution in [-0.4, -0.2) is 32.1 Å². The van der Waals surface area contributed by atoms with Gasteiger partial charge in [0.1, 0.15) is 6.79 Å². The summed E-state index contributed by atoms with van der Waals surface area (Å²) in [5, 5.41) is 3.29. The minimum Gasteiger partial charge on any atom is -0.353 e. The molecule has 1 aliphatic rings. The molecule has 0 aromatic rings. The number of nitrogens with one attached hydrogen (secondary N) is 1. The monoisotopic (exact) mass is 173 g/mol. The largest absolute Gasteiger partial charge is 0.353 e. The Bertz CT molecular complexity index is 111. The van der Waals surface area contributed by atoms with Gasteiger partial charge in [-0.25, -0.2) is 0 Å². The first-order valence-electron chi connectivity index (χ1n) is 4.73. The molecule has 0 amide bonds. The highest BCUT2D eigenvalue weighted by Crippen LogP contribution is 2.07. The zero-order valence-corrected chi connectivity index (χ0v) is 8.01. The summed E-state index contributed by atoms with van der Waals surface area (Å²) in [7, 11) is 0. The summed E-state index contributed by atoms with van der Waals surface area (Å²) in [6.45, 7) is 6.64. The minimum absolute atomic E-state index is 0.270. The lowest BCUT2D eigenvalue weighted by molar-refractivity contribution is -0.115. The van der Waals surface area contributed by atoms with E-state index in [0.29, 0.717) is 12.9 Å². The molecule has 1 N–H and O–H groups in total. The van der Waals surface area contributed by atoms with Crippen molar-refractivity contribution in [2.75, 3.05) is 19.9 Å². The fourth-order valence-corrected chi connectivity index (χ4v) is 1.23. The van der Waals surface area contributed by atoms with Crippen molar-refractivity contribution >= 4 is 0 Å². The van der Waals surface area contributed by atoms with Crippen molar-refractivity contribution in [2.45, 2.75) is 38.9 Å². The fraction of sp³-hybridized carbons (Fsp3) is 1.00. The molecule has 0 radical (unpaired) electrons. The smallest absolute Gasteiger partial charge is 0.147 e. The summed E-state index contributed by atoms with van der Waals surface area (Å²) in [5.74, 6) is 0. The van der Waals surface area contributed by atoms with E-state index < -0.39 is 0 Å². The second-order valence-corrected chi connectivity index (χ2v) is 3.45. The Balaban J connectivity index is 1.98. The summed E-state index contributed by atoms with van der Waals surface area (Å²) < 4.78 is 10.8. The number of piperidine rings is 1. The molecule has 72 valence electrons. The lowest BCUT2D eigenvalue weighted by Crippen LogP contribution is -2.33. The van der Waals surface area contributed by atoms with Crippen LogP contribution in [0, 0.1) is 0 Å². The van der Waals surface area contributed by atoms with Gasteiger partial charge in [-0.1, -0.05) is 0 Å². The van der Waals surface area contributed by atoms with Crippen molar-refractivity contribution in [3.05, 3.63) is 0 Å². The molecule has 1 saturated heterocycles. The molecule has 1 aliphatic heterocycles. The van der Waals surface area contributed by atoms with Crippen LogP contribution in [0.2, 0.25) is 0 Å². The normalized spacial score (nSPS) is 20.2. The van der Waals surface area contributed by atoms with Crippen molar-refractivity contribution in [1.29, 1.82) is 0 Å². The van der Waals surface area contributed by atoms with Crippen molar-refractivity contribution < 1.29 is 9.47 Å². The summed E-state index contributed by atoms with van der Waals surface area (Å²) in [4.78, 5) is 0. The van der Waals surface area contributed by atoms with E-state index in [9.17, 15) is 0 Å². The number of rotatable bonds is 4. The van der Waals surface area contributed by atoms with Crippen molar-refractivity contribution in [3.63, 3.8) is 0 Å². The maximum atomic E-state index is 5.53. The highest BCUT2D eigenvalue weighted by Gasteiger charge is 2.12. The topological polar surface area (TPSA) is 30.5 Å². The quantitative estimate of drug-likeness (QED) is 0.647. The third kappa shape index (κ3) is 4.04. The SMILES string of the molecule is CC(C)OCOC1CCNCC1. The third-order valence-electron chi connectivity index (χ3n) is 1.99. The zero-order valence-electron chi connectivity index (χ0n) is 8.01. The fourth-order valence-electron chi connectivity index (χ4n) is 1.23. The van der Waals surface area contributed by atoms with Crippen molar-refractivity contribution in [1.82, 2.24) is 5.32 Å². The molecule has 1 fully saturated rings. The van der Waals surface area contributed by atoms with E-state index in [0.717, 1.165) is 25.9 Å². The van der Waals surface area contributed by atoms with Crippen LogP contribution in [0.3, 0.4) is 0 Å². The molecule has 0 atom stereocenters. The van der Waals surface area contributed by atoms with Gasteiger partial charge in [0.05, 0.1) is 12.2 Å². The third-order valence-corrected chi connectivity index (χ3v) is 1.99. The molecule has 1 rings (SSSR count). The van der Waals surface area contributed by atoms with Gasteiger partial charge in [0.2, 0.25) is 0 Å². The van der Waals surface area contributed by atoms with Crippen LogP contribution in [0.25, 0.3) is 0 Å². The molecule has 0 spiro atoms. The molecule has 0 bridgehead atoms. The van der Waals surface area contributed by atoms with E-state index in [1.165, 1.54) is 0 Å². The van der Waals surface area contributed by atoms with E-state index >= 15 is 0 Å². The lowest BCUT2D eigenvalue weighted by atomic mass is 10.1. The molecule has 0 saturated carbocycles. The van der Waals surface area contributed by atoms with Gasteiger partial charge in [0, 0.05) is 0 Å². The Morgan fingerprint density at radius 2 is 2.00 bits per heavy atom. The first kappa shape index (κ1) is 9.96. The second-order valence-electron chi connectivity index (χ2n) is 3.45. The van der Waals surface area contributed by atoms with Crippen molar-refractivity contribution in [3.8, 4) is 0 Å². The van der Waals surface area contributed by atoms with Gasteiger partial charge < -0.3 is 14.8 Å². The minimum atomic E-state index is 0.270. The first-order valence-corrected chi connectivity index (χ1v) is 4.73. The van der Waals surface area contributed by atoms with E-state index in [4.69, 9.17) is 9.47 Å². The van der Waals surface area contributed by atoms with Gasteiger partial charge in [-0.3, -0.25) is 0 Å². The predicted molar refractivity (Wildman–Crippen MR) is 48.1 cm³/mol. The predicted octanol–water partition coefficient (Wildman–Crippen LogP) is 1.14. The summed E-state index contributed by atoms with van der Waals surface area (Å²) >= 11 is 0. The van der Waals surface area contributed by atoms with Crippen LogP contribution in [0.1, 0.15) is 26.7 Å². The maximum absolute atomic E-state index is 5.53. The summed E-state index contributed by atoms with van der Waals surface area (Å²) in [6, 6.07) is 0. The van der Waals surface area contributed by atoms with Crippen LogP contribution < -0.4 is 5.32 Å². The van der Waals surface area contributed by atoms with Crippen LogP contribution in [-0.2, 0) is 9.47 Å². The highest BCUT2D eigenvalue weighted by atomic mass is 16.7. The molecular weight excluding hydrogens is 154 g/mol. The van der Waals surface area contributed by atoms with Crippen molar-refractivity contribution in [2.24, 2.45) is 0 Å². The number of hydrogen-bond donors (Lipinski definition) is 1. The Morgan fingerprint density at radius 3 is 2.58 bits per heavy atom. The van der Waals surface area contributed by atoms with Gasteiger partial charge in [-0.15, -0.1) is 0 Å². The average Bonchev–Trinajstić information content (AvgIpc) is 2.05. The average molecular weight is 173 g/mol. The maximum Gasteiger partial charge on any atom is 0.147 e. The molecule has 0 aromatic heterocycles. The molecule has 0 aliphatic carbocycles. The van der Waals surface area contributed by atoms with Gasteiger partial charge in [-0.05, 0) is 39.8 Å². The molecular formula is C9H19NO2. The van der Waals surface area contributed by atoms with Gasteiger partial charge in [-0.2, -0.15) is 0 Å². The molecule has 3 nitrogen and oxygen atoms in total. The Hall–Kier alpha value is -0.120. The van der Waals surface area contributed by atoms with Crippen LogP contribution in [0.5, 0.6) is 0 Å². The Morgan fingerprint density at radius 1 is 1.33 bits per heavy atom. The first-order chi connectivity index (χ1) is 5.79. The second kappa shape index (κ2) is 5.51. The van der Waals surface area contributed by atoms with E-state index in [1.807, 2.05) is 13.8 Å². The lowest BCUT2D eigenvalue weighted by Gasteiger charge is -2.23. The molecule has 12 heavy (non-hydrogen) atoms. The van der Waals surface area contributed by atoms with Gasteiger partial charge in [0.25, 0.3) is 0 Å². The van der Waals surface area contributed by atoms with E-state index in [-0.39, 0.29) is 6.10 Å². The van der Waals surface area contributed by atoms with Crippen LogP contribution in [0.4, 0.5) is 0 Å². The van der Waals surface area contributed by atoms with Gasteiger partial charge >= 0.3 is 0 Å². The zero-order chi connectivity index (χ0) is 8.81. The van der Waals surface area contributed by atoms with Crippen LogP contribution in [0.15, 0.2) is 0 Å².